The summed E-state index contributed by atoms with van der Waals surface area (Å²) in [5, 5.41) is 2.22. The fourth-order valence-electron chi connectivity index (χ4n) is 2.45. The van der Waals surface area contributed by atoms with E-state index in [1.54, 1.807) is 17.5 Å². The maximum absolute atomic E-state index is 12.2. The molecule has 0 aromatic carbocycles. The highest BCUT2D eigenvalue weighted by Gasteiger charge is 2.32. The molecule has 118 valence electrons. The lowest BCUT2D eigenvalue weighted by Crippen LogP contribution is -2.36. The summed E-state index contributed by atoms with van der Waals surface area (Å²) in [6.45, 7) is 0. The Morgan fingerprint density at radius 2 is 2.36 bits per heavy atom. The van der Waals surface area contributed by atoms with Crippen LogP contribution in [0.3, 0.4) is 0 Å². The number of fused-ring (bicyclic) bond motifs is 1. The molecule has 0 radical (unpaired) electrons. The second-order valence-electron chi connectivity index (χ2n) is 5.18. The molecule has 0 spiro atoms. The van der Waals surface area contributed by atoms with Gasteiger partial charge in [0.25, 0.3) is 0 Å². The molecule has 1 amide bonds. The van der Waals surface area contributed by atoms with Crippen LogP contribution in [0.15, 0.2) is 17.7 Å². The topological polar surface area (TPSA) is 71.8 Å². The summed E-state index contributed by atoms with van der Waals surface area (Å²) in [7, 11) is -1.39. The highest BCUT2D eigenvalue weighted by atomic mass is 35.5. The molecular formula is C13H14ClN3O3S2. The Morgan fingerprint density at radius 1 is 1.59 bits per heavy atom. The van der Waals surface area contributed by atoms with E-state index in [1.807, 2.05) is 11.6 Å². The maximum Gasteiger partial charge on any atom is 0.246 e. The number of carbonyl (C=O) groups is 1. The molecule has 6 nitrogen and oxygen atoms in total. The van der Waals surface area contributed by atoms with Crippen molar-refractivity contribution in [2.75, 3.05) is 18.6 Å². The standard InChI is InChI=1S/C13H14ClN3O3S2/c1-16(9-4-7-22(19,20)8-9)11(18)3-2-10-12(14)15-13-17(10)5-6-21-13/h2-3,5-6,9H,4,7-8H2,1H3/b3-2+. The fraction of sp³-hybridized carbons (Fsp3) is 0.385. The van der Waals surface area contributed by atoms with E-state index in [-0.39, 0.29) is 23.5 Å². The molecule has 1 unspecified atom stereocenters. The molecule has 9 heteroatoms. The third-order valence-corrected chi connectivity index (χ3v) is 6.53. The zero-order valence-electron chi connectivity index (χ0n) is 11.8. The van der Waals surface area contributed by atoms with Gasteiger partial charge in [0.1, 0.15) is 0 Å². The monoisotopic (exact) mass is 359 g/mol. The number of hydrogen-bond donors (Lipinski definition) is 0. The van der Waals surface area contributed by atoms with Crippen LogP contribution in [0.25, 0.3) is 11.0 Å². The number of halogens is 1. The summed E-state index contributed by atoms with van der Waals surface area (Å²) in [6, 6.07) is -0.260. The lowest BCUT2D eigenvalue weighted by atomic mass is 10.2. The summed E-state index contributed by atoms with van der Waals surface area (Å²) in [5.41, 5.74) is 0.638. The molecule has 3 rings (SSSR count). The summed E-state index contributed by atoms with van der Waals surface area (Å²) < 4.78 is 24.8. The van der Waals surface area contributed by atoms with Gasteiger partial charge in [-0.25, -0.2) is 13.4 Å². The molecule has 2 aromatic heterocycles. The first-order valence-electron chi connectivity index (χ1n) is 6.64. The van der Waals surface area contributed by atoms with Gasteiger partial charge in [-0.05, 0) is 12.5 Å². The fourth-order valence-corrected chi connectivity index (χ4v) is 5.23. The molecule has 2 aromatic rings. The lowest BCUT2D eigenvalue weighted by Gasteiger charge is -2.21. The van der Waals surface area contributed by atoms with Crippen LogP contribution in [0.1, 0.15) is 12.1 Å². The molecule has 1 aliphatic heterocycles. The third kappa shape index (κ3) is 2.90. The largest absolute Gasteiger partial charge is 0.338 e. The highest BCUT2D eigenvalue weighted by Crippen LogP contribution is 2.23. The Hall–Kier alpha value is -1.38. The van der Waals surface area contributed by atoms with Crippen LogP contribution in [-0.4, -0.2) is 53.2 Å². The number of carbonyl (C=O) groups excluding carboxylic acids is 1. The van der Waals surface area contributed by atoms with E-state index in [1.165, 1.54) is 22.3 Å². The van der Waals surface area contributed by atoms with Crippen molar-refractivity contribution in [3.63, 3.8) is 0 Å². The first-order chi connectivity index (χ1) is 10.4. The van der Waals surface area contributed by atoms with Crippen molar-refractivity contribution in [1.29, 1.82) is 0 Å². The van der Waals surface area contributed by atoms with Crippen molar-refractivity contribution >= 4 is 49.7 Å². The number of imidazole rings is 1. The predicted molar refractivity (Wildman–Crippen MR) is 86.9 cm³/mol. The summed E-state index contributed by atoms with van der Waals surface area (Å²) in [4.78, 5) is 18.6. The minimum atomic E-state index is -3.01. The number of likely N-dealkylation sites (N-methyl/N-ethyl adjacent to an activating group) is 1. The number of thiazole rings is 1. The molecule has 0 bridgehead atoms. The molecule has 0 N–H and O–H groups in total. The van der Waals surface area contributed by atoms with E-state index >= 15 is 0 Å². The molecule has 22 heavy (non-hydrogen) atoms. The van der Waals surface area contributed by atoms with Crippen molar-refractivity contribution in [2.45, 2.75) is 12.5 Å². The average Bonchev–Trinajstić information content (AvgIpc) is 3.10. The number of aromatic nitrogens is 2. The predicted octanol–water partition coefficient (Wildman–Crippen LogP) is 1.71. The van der Waals surface area contributed by atoms with E-state index in [2.05, 4.69) is 4.98 Å². The van der Waals surface area contributed by atoms with Crippen molar-refractivity contribution in [3.8, 4) is 0 Å². The van der Waals surface area contributed by atoms with Gasteiger partial charge in [0.2, 0.25) is 5.91 Å². The molecule has 0 saturated carbocycles. The van der Waals surface area contributed by atoms with Crippen LogP contribution in [0, 0.1) is 0 Å². The molecular weight excluding hydrogens is 346 g/mol. The minimum Gasteiger partial charge on any atom is -0.338 e. The number of sulfone groups is 1. The summed E-state index contributed by atoms with van der Waals surface area (Å²) >= 11 is 7.51. The van der Waals surface area contributed by atoms with E-state index in [0.29, 0.717) is 17.3 Å². The first-order valence-corrected chi connectivity index (χ1v) is 9.71. The average molecular weight is 360 g/mol. The van der Waals surface area contributed by atoms with E-state index in [4.69, 9.17) is 11.6 Å². The Balaban J connectivity index is 1.76. The van der Waals surface area contributed by atoms with Crippen LogP contribution in [0.4, 0.5) is 0 Å². The Bertz CT molecular complexity index is 853. The Morgan fingerprint density at radius 3 is 3.05 bits per heavy atom. The minimum absolute atomic E-state index is 0.0330. The third-order valence-electron chi connectivity index (χ3n) is 3.74. The number of rotatable bonds is 3. The van der Waals surface area contributed by atoms with Crippen LogP contribution in [-0.2, 0) is 14.6 Å². The molecule has 0 aliphatic carbocycles. The Labute approximate surface area is 136 Å². The second-order valence-corrected chi connectivity index (χ2v) is 8.64. The zero-order chi connectivity index (χ0) is 15.9. The first kappa shape index (κ1) is 15.5. The molecule has 1 saturated heterocycles. The van der Waals surface area contributed by atoms with Crippen LogP contribution in [0.2, 0.25) is 5.15 Å². The van der Waals surface area contributed by atoms with Gasteiger partial charge in [-0.2, -0.15) is 0 Å². The van der Waals surface area contributed by atoms with Crippen LogP contribution >= 0.6 is 22.9 Å². The van der Waals surface area contributed by atoms with Gasteiger partial charge in [0.15, 0.2) is 20.0 Å². The molecule has 1 aliphatic rings. The van der Waals surface area contributed by atoms with Crippen molar-refractivity contribution < 1.29 is 13.2 Å². The molecule has 1 fully saturated rings. The lowest BCUT2D eigenvalue weighted by molar-refractivity contribution is -0.126. The summed E-state index contributed by atoms with van der Waals surface area (Å²) in [6.07, 6.45) is 5.33. The van der Waals surface area contributed by atoms with Crippen molar-refractivity contribution in [2.24, 2.45) is 0 Å². The van der Waals surface area contributed by atoms with Crippen LogP contribution in [0.5, 0.6) is 0 Å². The maximum atomic E-state index is 12.2. The Kier molecular flexibility index (Phi) is 4.00. The van der Waals surface area contributed by atoms with E-state index in [9.17, 15) is 13.2 Å². The number of amides is 1. The smallest absolute Gasteiger partial charge is 0.246 e. The normalized spacial score (nSPS) is 20.9. The second kappa shape index (κ2) is 5.68. The summed E-state index contributed by atoms with van der Waals surface area (Å²) in [5.74, 6) is -0.0720. The van der Waals surface area contributed by atoms with E-state index < -0.39 is 9.84 Å². The van der Waals surface area contributed by atoms with Crippen LogP contribution < -0.4 is 0 Å². The molecule has 3 heterocycles. The van der Waals surface area contributed by atoms with Gasteiger partial charge < -0.3 is 4.90 Å². The quantitative estimate of drug-likeness (QED) is 0.782. The van der Waals surface area contributed by atoms with E-state index in [0.717, 1.165) is 4.96 Å². The van der Waals surface area contributed by atoms with Gasteiger partial charge >= 0.3 is 0 Å². The molecule has 1 atom stereocenters. The van der Waals surface area contributed by atoms with Gasteiger partial charge in [0.05, 0.1) is 17.2 Å². The number of hydrogen-bond acceptors (Lipinski definition) is 5. The van der Waals surface area contributed by atoms with Gasteiger partial charge in [-0.3, -0.25) is 9.20 Å². The zero-order valence-corrected chi connectivity index (χ0v) is 14.2. The highest BCUT2D eigenvalue weighted by molar-refractivity contribution is 7.91. The van der Waals surface area contributed by atoms with Gasteiger partial charge in [-0.15, -0.1) is 11.3 Å². The van der Waals surface area contributed by atoms with Gasteiger partial charge in [0, 0.05) is 30.7 Å². The van der Waals surface area contributed by atoms with Crippen molar-refractivity contribution in [3.05, 3.63) is 28.5 Å². The SMILES string of the molecule is CN(C(=O)/C=C/c1c(Cl)nc2sccn12)C1CCS(=O)(=O)C1. The van der Waals surface area contributed by atoms with Gasteiger partial charge in [-0.1, -0.05) is 11.6 Å². The van der Waals surface area contributed by atoms with Crippen molar-refractivity contribution in [1.82, 2.24) is 14.3 Å². The number of nitrogens with zero attached hydrogens (tertiary/aromatic N) is 3.